The van der Waals surface area contributed by atoms with Crippen LogP contribution in [0.5, 0.6) is 0 Å². The van der Waals surface area contributed by atoms with Crippen molar-refractivity contribution in [1.82, 2.24) is 0 Å². The lowest BCUT2D eigenvalue weighted by molar-refractivity contribution is 1.14. The van der Waals surface area contributed by atoms with Gasteiger partial charge in [-0.25, -0.2) is 0 Å². The summed E-state index contributed by atoms with van der Waals surface area (Å²) in [5.41, 5.74) is 1.31. The molecule has 0 aliphatic rings. The first-order valence-corrected chi connectivity index (χ1v) is 11.6. The van der Waals surface area contributed by atoms with Gasteiger partial charge in [-0.2, -0.15) is 0 Å². The number of allylic oxidation sites excluding steroid dienone is 1. The van der Waals surface area contributed by atoms with E-state index in [4.69, 9.17) is 0 Å². The van der Waals surface area contributed by atoms with E-state index in [1.54, 1.807) is 0 Å². The van der Waals surface area contributed by atoms with Crippen LogP contribution in [0.4, 0.5) is 0 Å². The normalized spacial score (nSPS) is 11.2. The standard InChI is InChI=1S/C23H23BrP/c1-20(17-18-24)19-25(21-11-5-2-6-12-21,22-13-7-3-8-14-22)23-15-9-4-10-16-23/h2-16H,1,17-19H2/q+1. The zero-order valence-corrected chi connectivity index (χ0v) is 16.8. The molecule has 0 N–H and O–H groups in total. The first kappa shape index (κ1) is 18.1. The largest absolute Gasteiger partial charge is 0.116 e. The number of hydrogen-bond donors (Lipinski definition) is 0. The molecule has 0 fully saturated rings. The quantitative estimate of drug-likeness (QED) is 0.281. The van der Waals surface area contributed by atoms with E-state index in [1.165, 1.54) is 21.5 Å². The highest BCUT2D eigenvalue weighted by molar-refractivity contribution is 9.09. The van der Waals surface area contributed by atoms with E-state index in [1.807, 2.05) is 0 Å². The molecular formula is C23H23BrP+. The molecule has 0 atom stereocenters. The molecule has 0 nitrogen and oxygen atoms in total. The highest BCUT2D eigenvalue weighted by Gasteiger charge is 2.45. The van der Waals surface area contributed by atoms with Gasteiger partial charge >= 0.3 is 0 Å². The molecule has 0 aliphatic carbocycles. The van der Waals surface area contributed by atoms with Crippen LogP contribution in [0, 0.1) is 0 Å². The summed E-state index contributed by atoms with van der Waals surface area (Å²) < 4.78 is 0. The van der Waals surface area contributed by atoms with Crippen molar-refractivity contribution in [3.63, 3.8) is 0 Å². The van der Waals surface area contributed by atoms with Crippen molar-refractivity contribution in [3.8, 4) is 0 Å². The number of rotatable bonds is 7. The number of hydrogen-bond acceptors (Lipinski definition) is 0. The van der Waals surface area contributed by atoms with E-state index < -0.39 is 7.26 Å². The molecule has 0 saturated carbocycles. The predicted octanol–water partition coefficient (Wildman–Crippen LogP) is 5.32. The average Bonchev–Trinajstić information content (AvgIpc) is 2.68. The van der Waals surface area contributed by atoms with Crippen LogP contribution in [0.3, 0.4) is 0 Å². The molecule has 0 spiro atoms. The molecule has 25 heavy (non-hydrogen) atoms. The molecule has 0 saturated heterocycles. The Balaban J connectivity index is 2.26. The van der Waals surface area contributed by atoms with E-state index in [2.05, 4.69) is 114 Å². The van der Waals surface area contributed by atoms with Gasteiger partial charge in [0.15, 0.2) is 0 Å². The van der Waals surface area contributed by atoms with Crippen LogP contribution in [0.15, 0.2) is 103 Å². The monoisotopic (exact) mass is 409 g/mol. The van der Waals surface area contributed by atoms with Gasteiger partial charge in [-0.3, -0.25) is 0 Å². The summed E-state index contributed by atoms with van der Waals surface area (Å²) in [6.07, 6.45) is 2.02. The Labute approximate surface area is 160 Å². The molecule has 2 heteroatoms. The van der Waals surface area contributed by atoms with Crippen molar-refractivity contribution in [1.29, 1.82) is 0 Å². The summed E-state index contributed by atoms with van der Waals surface area (Å²) in [5, 5.41) is 5.22. The smallest absolute Gasteiger partial charge is 0.0962 e. The molecule has 3 aromatic rings. The van der Waals surface area contributed by atoms with Gasteiger partial charge in [-0.05, 0) is 48.4 Å². The molecule has 0 radical (unpaired) electrons. The Morgan fingerprint density at radius 3 is 1.36 bits per heavy atom. The van der Waals surface area contributed by atoms with Gasteiger partial charge in [0.2, 0.25) is 0 Å². The summed E-state index contributed by atoms with van der Waals surface area (Å²) in [7, 11) is -1.76. The predicted molar refractivity (Wildman–Crippen MR) is 118 cm³/mol. The van der Waals surface area contributed by atoms with Crippen molar-refractivity contribution < 1.29 is 0 Å². The second kappa shape index (κ2) is 8.61. The summed E-state index contributed by atoms with van der Waals surface area (Å²) in [6.45, 7) is 4.40. The second-order valence-corrected chi connectivity index (χ2v) is 10.4. The lowest BCUT2D eigenvalue weighted by atomic mass is 10.3. The van der Waals surface area contributed by atoms with E-state index in [9.17, 15) is 0 Å². The molecule has 3 aromatic carbocycles. The van der Waals surface area contributed by atoms with Crippen molar-refractivity contribution in [2.45, 2.75) is 6.42 Å². The van der Waals surface area contributed by atoms with Crippen molar-refractivity contribution >= 4 is 39.1 Å². The number of alkyl halides is 1. The fourth-order valence-corrected chi connectivity index (χ4v) is 8.19. The van der Waals surface area contributed by atoms with E-state index in [-0.39, 0.29) is 0 Å². The van der Waals surface area contributed by atoms with Gasteiger partial charge in [0.1, 0.15) is 23.2 Å². The Hall–Kier alpha value is -1.69. The van der Waals surface area contributed by atoms with Gasteiger partial charge in [-0.15, -0.1) is 0 Å². The highest BCUT2D eigenvalue weighted by atomic mass is 79.9. The Bertz CT molecular complexity index is 701. The molecule has 0 aliphatic heterocycles. The van der Waals surface area contributed by atoms with Crippen LogP contribution < -0.4 is 15.9 Å². The van der Waals surface area contributed by atoms with Crippen molar-refractivity contribution in [2.24, 2.45) is 0 Å². The maximum atomic E-state index is 4.40. The SMILES string of the molecule is C=C(CCBr)C[P+](c1ccccc1)(c1ccccc1)c1ccccc1. The molecule has 3 rings (SSSR count). The zero-order valence-electron chi connectivity index (χ0n) is 14.3. The maximum absolute atomic E-state index is 4.40. The van der Waals surface area contributed by atoms with Crippen molar-refractivity contribution in [2.75, 3.05) is 11.5 Å². The van der Waals surface area contributed by atoms with Gasteiger partial charge in [0, 0.05) is 5.33 Å². The Morgan fingerprint density at radius 1 is 0.680 bits per heavy atom. The molecule has 126 valence electrons. The van der Waals surface area contributed by atoms with Crippen LogP contribution in [0.1, 0.15) is 6.42 Å². The average molecular weight is 410 g/mol. The van der Waals surface area contributed by atoms with E-state index in [0.717, 1.165) is 17.9 Å². The van der Waals surface area contributed by atoms with Gasteiger partial charge < -0.3 is 0 Å². The molecule has 0 heterocycles. The van der Waals surface area contributed by atoms with Crippen LogP contribution in [-0.2, 0) is 0 Å². The Morgan fingerprint density at radius 2 is 1.04 bits per heavy atom. The molecule has 0 aromatic heterocycles. The summed E-state index contributed by atoms with van der Waals surface area (Å²) in [6, 6.07) is 33.0. The lowest BCUT2D eigenvalue weighted by Crippen LogP contribution is -2.33. The Kier molecular flexibility index (Phi) is 6.24. The number of benzene rings is 3. The van der Waals surface area contributed by atoms with Crippen LogP contribution >= 0.6 is 23.2 Å². The van der Waals surface area contributed by atoms with Gasteiger partial charge in [0.25, 0.3) is 0 Å². The topological polar surface area (TPSA) is 0 Å². The van der Waals surface area contributed by atoms with Crippen LogP contribution in [0.25, 0.3) is 0 Å². The molecule has 0 unspecified atom stereocenters. The zero-order chi connectivity index (χ0) is 17.5. The van der Waals surface area contributed by atoms with Gasteiger partial charge in [0.05, 0.1) is 6.16 Å². The molecule has 0 amide bonds. The summed E-state index contributed by atoms with van der Waals surface area (Å²) in [4.78, 5) is 0. The fraction of sp³-hybridized carbons (Fsp3) is 0.130. The van der Waals surface area contributed by atoms with Gasteiger partial charge in [-0.1, -0.05) is 77.1 Å². The molecular weight excluding hydrogens is 387 g/mol. The highest BCUT2D eigenvalue weighted by Crippen LogP contribution is 2.56. The first-order valence-electron chi connectivity index (χ1n) is 8.55. The summed E-state index contributed by atoms with van der Waals surface area (Å²) >= 11 is 3.58. The van der Waals surface area contributed by atoms with E-state index >= 15 is 0 Å². The second-order valence-electron chi connectivity index (χ2n) is 6.16. The lowest BCUT2D eigenvalue weighted by Gasteiger charge is -2.28. The third kappa shape index (κ3) is 3.94. The van der Waals surface area contributed by atoms with Crippen LogP contribution in [0.2, 0.25) is 0 Å². The minimum absolute atomic E-state index is 0.963. The summed E-state index contributed by atoms with van der Waals surface area (Å²) in [5.74, 6) is 0. The van der Waals surface area contributed by atoms with Crippen LogP contribution in [-0.4, -0.2) is 11.5 Å². The van der Waals surface area contributed by atoms with E-state index in [0.29, 0.717) is 0 Å². The molecule has 0 bridgehead atoms. The maximum Gasteiger partial charge on any atom is 0.116 e. The third-order valence-electron chi connectivity index (χ3n) is 4.50. The van der Waals surface area contributed by atoms with Crippen molar-refractivity contribution in [3.05, 3.63) is 103 Å². The minimum Gasteiger partial charge on any atom is -0.0962 e. The number of halogens is 1. The fourth-order valence-electron chi connectivity index (χ4n) is 3.32. The third-order valence-corrected chi connectivity index (χ3v) is 9.36. The minimum atomic E-state index is -1.76. The first-order chi connectivity index (χ1) is 12.3.